The summed E-state index contributed by atoms with van der Waals surface area (Å²) >= 11 is 12.4. The molecule has 1 aliphatic rings. The fourth-order valence-electron chi connectivity index (χ4n) is 2.86. The van der Waals surface area contributed by atoms with Gasteiger partial charge in [0.05, 0.1) is 7.11 Å². The van der Waals surface area contributed by atoms with E-state index in [2.05, 4.69) is 10.8 Å². The molecule has 0 saturated heterocycles. The standard InChI is InChI=1S/C16H20Cl2O2/c1-20-16(19)15(18)10-11-7-8-13(14(17)9-11)12-5-3-2-4-6-12/h7-9,12,15H,2-6,10H2,1H3. The Labute approximate surface area is 130 Å². The van der Waals surface area contributed by atoms with E-state index < -0.39 is 11.3 Å². The average molecular weight is 315 g/mol. The van der Waals surface area contributed by atoms with Crippen LogP contribution in [-0.2, 0) is 16.0 Å². The molecule has 0 aliphatic heterocycles. The Bertz CT molecular complexity index is 468. The lowest BCUT2D eigenvalue weighted by Gasteiger charge is -2.23. The summed E-state index contributed by atoms with van der Waals surface area (Å²) in [7, 11) is 1.34. The first-order valence-corrected chi connectivity index (χ1v) is 7.93. The number of hydrogen-bond donors (Lipinski definition) is 0. The molecular weight excluding hydrogens is 295 g/mol. The van der Waals surface area contributed by atoms with E-state index in [4.69, 9.17) is 23.2 Å². The molecule has 0 spiro atoms. The lowest BCUT2D eigenvalue weighted by molar-refractivity contribution is -0.140. The molecule has 0 heterocycles. The minimum absolute atomic E-state index is 0.404. The highest BCUT2D eigenvalue weighted by molar-refractivity contribution is 6.31. The second kappa shape index (κ2) is 7.33. The Hall–Kier alpha value is -0.730. The fraction of sp³-hybridized carbons (Fsp3) is 0.562. The van der Waals surface area contributed by atoms with E-state index in [1.807, 2.05) is 12.1 Å². The van der Waals surface area contributed by atoms with Crippen LogP contribution in [0.25, 0.3) is 0 Å². The molecule has 20 heavy (non-hydrogen) atoms. The number of hydrogen-bond acceptors (Lipinski definition) is 2. The van der Waals surface area contributed by atoms with Crippen molar-refractivity contribution in [3.05, 3.63) is 34.3 Å². The number of alkyl halides is 1. The third-order valence-corrected chi connectivity index (χ3v) is 4.64. The Morgan fingerprint density at radius 1 is 1.35 bits per heavy atom. The zero-order chi connectivity index (χ0) is 14.5. The second-order valence-electron chi connectivity index (χ2n) is 5.39. The maximum absolute atomic E-state index is 11.3. The molecule has 0 aromatic heterocycles. The third-order valence-electron chi connectivity index (χ3n) is 3.98. The lowest BCUT2D eigenvalue weighted by atomic mass is 9.84. The summed E-state index contributed by atoms with van der Waals surface area (Å²) in [6.07, 6.45) is 6.79. The molecular formula is C16H20Cl2O2. The monoisotopic (exact) mass is 314 g/mol. The van der Waals surface area contributed by atoms with Gasteiger partial charge in [-0.25, -0.2) is 0 Å². The van der Waals surface area contributed by atoms with E-state index in [1.165, 1.54) is 44.8 Å². The van der Waals surface area contributed by atoms with Gasteiger partial charge in [-0.15, -0.1) is 11.6 Å². The molecule has 0 radical (unpaired) electrons. The molecule has 1 fully saturated rings. The van der Waals surface area contributed by atoms with Crippen LogP contribution in [0.15, 0.2) is 18.2 Å². The molecule has 1 atom stereocenters. The number of carbonyl (C=O) groups excluding carboxylic acids is 1. The highest BCUT2D eigenvalue weighted by atomic mass is 35.5. The first kappa shape index (κ1) is 15.7. The van der Waals surface area contributed by atoms with Gasteiger partial charge in [0.25, 0.3) is 0 Å². The van der Waals surface area contributed by atoms with Crippen molar-refractivity contribution in [3.63, 3.8) is 0 Å². The van der Waals surface area contributed by atoms with E-state index in [0.29, 0.717) is 12.3 Å². The van der Waals surface area contributed by atoms with Gasteiger partial charge < -0.3 is 4.74 Å². The smallest absolute Gasteiger partial charge is 0.324 e. The molecule has 1 unspecified atom stereocenters. The summed E-state index contributed by atoms with van der Waals surface area (Å²) < 4.78 is 4.63. The van der Waals surface area contributed by atoms with Crippen LogP contribution in [-0.4, -0.2) is 18.5 Å². The van der Waals surface area contributed by atoms with Crippen LogP contribution in [0.5, 0.6) is 0 Å². The summed E-state index contributed by atoms with van der Waals surface area (Å²) in [6, 6.07) is 6.05. The molecule has 2 rings (SSSR count). The highest BCUT2D eigenvalue weighted by Crippen LogP contribution is 2.36. The largest absolute Gasteiger partial charge is 0.468 e. The van der Waals surface area contributed by atoms with Crippen molar-refractivity contribution in [1.29, 1.82) is 0 Å². The van der Waals surface area contributed by atoms with Crippen LogP contribution in [0.4, 0.5) is 0 Å². The highest BCUT2D eigenvalue weighted by Gasteiger charge is 2.20. The van der Waals surface area contributed by atoms with E-state index in [1.54, 1.807) is 0 Å². The van der Waals surface area contributed by atoms with Crippen molar-refractivity contribution < 1.29 is 9.53 Å². The Morgan fingerprint density at radius 3 is 2.65 bits per heavy atom. The van der Waals surface area contributed by atoms with E-state index in [-0.39, 0.29) is 0 Å². The van der Waals surface area contributed by atoms with Crippen molar-refractivity contribution in [2.45, 2.75) is 49.8 Å². The van der Waals surface area contributed by atoms with Gasteiger partial charge in [-0.3, -0.25) is 4.79 Å². The van der Waals surface area contributed by atoms with Crippen LogP contribution in [0.2, 0.25) is 5.02 Å². The first-order chi connectivity index (χ1) is 9.61. The number of carbonyl (C=O) groups is 1. The van der Waals surface area contributed by atoms with Crippen LogP contribution in [0.3, 0.4) is 0 Å². The zero-order valence-electron chi connectivity index (χ0n) is 11.7. The summed E-state index contributed by atoms with van der Waals surface area (Å²) in [5, 5.41) is 0.139. The number of esters is 1. The number of methoxy groups -OCH3 is 1. The topological polar surface area (TPSA) is 26.3 Å². The summed E-state index contributed by atoms with van der Waals surface area (Å²) in [5.41, 5.74) is 2.21. The molecule has 110 valence electrons. The lowest BCUT2D eigenvalue weighted by Crippen LogP contribution is -2.18. The Balaban J connectivity index is 2.07. The SMILES string of the molecule is COC(=O)C(Cl)Cc1ccc(C2CCCCC2)c(Cl)c1. The van der Waals surface area contributed by atoms with Gasteiger partial charge in [-0.2, -0.15) is 0 Å². The molecule has 2 nitrogen and oxygen atoms in total. The molecule has 1 aliphatic carbocycles. The molecule has 0 N–H and O–H groups in total. The molecule has 0 amide bonds. The van der Waals surface area contributed by atoms with Gasteiger partial charge in [0, 0.05) is 5.02 Å². The van der Waals surface area contributed by atoms with Crippen molar-refractivity contribution in [3.8, 4) is 0 Å². The maximum Gasteiger partial charge on any atom is 0.324 e. The summed E-state index contributed by atoms with van der Waals surface area (Å²) in [4.78, 5) is 11.3. The minimum Gasteiger partial charge on any atom is -0.468 e. The second-order valence-corrected chi connectivity index (χ2v) is 6.32. The van der Waals surface area contributed by atoms with E-state index in [0.717, 1.165) is 10.6 Å². The van der Waals surface area contributed by atoms with E-state index >= 15 is 0 Å². The molecule has 1 aromatic carbocycles. The van der Waals surface area contributed by atoms with Gasteiger partial charge in [0.2, 0.25) is 0 Å². The van der Waals surface area contributed by atoms with Crippen molar-refractivity contribution >= 4 is 29.2 Å². The first-order valence-electron chi connectivity index (χ1n) is 7.12. The quantitative estimate of drug-likeness (QED) is 0.594. The molecule has 4 heteroatoms. The normalized spacial score (nSPS) is 17.8. The van der Waals surface area contributed by atoms with Gasteiger partial charge in [-0.05, 0) is 42.4 Å². The number of rotatable bonds is 4. The Morgan fingerprint density at radius 2 is 2.05 bits per heavy atom. The van der Waals surface area contributed by atoms with Crippen LogP contribution < -0.4 is 0 Å². The minimum atomic E-state index is -0.656. The number of halogens is 2. The van der Waals surface area contributed by atoms with Gasteiger partial charge in [0.1, 0.15) is 5.38 Å². The summed E-state index contributed by atoms with van der Waals surface area (Å²) in [6.45, 7) is 0. The molecule has 0 bridgehead atoms. The van der Waals surface area contributed by atoms with Crippen LogP contribution in [0, 0.1) is 0 Å². The van der Waals surface area contributed by atoms with Gasteiger partial charge in [-0.1, -0.05) is 43.0 Å². The molecule has 1 saturated carbocycles. The predicted octanol–water partition coefficient (Wildman–Crippen LogP) is 4.71. The fourth-order valence-corrected chi connectivity index (χ4v) is 3.49. The van der Waals surface area contributed by atoms with Crippen molar-refractivity contribution in [1.82, 2.24) is 0 Å². The number of benzene rings is 1. The third kappa shape index (κ3) is 3.89. The van der Waals surface area contributed by atoms with Crippen molar-refractivity contribution in [2.75, 3.05) is 7.11 Å². The van der Waals surface area contributed by atoms with Gasteiger partial charge >= 0.3 is 5.97 Å². The summed E-state index contributed by atoms with van der Waals surface area (Å²) in [5.74, 6) is 0.178. The predicted molar refractivity (Wildman–Crippen MR) is 82.6 cm³/mol. The van der Waals surface area contributed by atoms with Crippen LogP contribution in [0.1, 0.15) is 49.1 Å². The molecule has 1 aromatic rings. The number of ether oxygens (including phenoxy) is 1. The Kier molecular flexibility index (Phi) is 5.74. The maximum atomic E-state index is 11.3. The van der Waals surface area contributed by atoms with Gasteiger partial charge in [0.15, 0.2) is 0 Å². The average Bonchev–Trinajstić information content (AvgIpc) is 2.47. The zero-order valence-corrected chi connectivity index (χ0v) is 13.2. The van der Waals surface area contributed by atoms with Crippen molar-refractivity contribution in [2.24, 2.45) is 0 Å². The van der Waals surface area contributed by atoms with Crippen LogP contribution >= 0.6 is 23.2 Å². The van der Waals surface area contributed by atoms with E-state index in [9.17, 15) is 4.79 Å².